The van der Waals surface area contributed by atoms with Crippen LogP contribution in [0.25, 0.3) is 0 Å². The third-order valence-corrected chi connectivity index (χ3v) is 1.91. The van der Waals surface area contributed by atoms with Crippen LogP contribution in [-0.4, -0.2) is 11.1 Å². The highest BCUT2D eigenvalue weighted by Crippen LogP contribution is 2.18. The van der Waals surface area contributed by atoms with Gasteiger partial charge < -0.3 is 10.8 Å². The molecule has 0 aliphatic rings. The number of halogens is 2. The summed E-state index contributed by atoms with van der Waals surface area (Å²) >= 11 is 5.72. The van der Waals surface area contributed by atoms with Gasteiger partial charge in [0, 0.05) is 11.1 Å². The van der Waals surface area contributed by atoms with Crippen LogP contribution in [-0.2, 0) is 4.79 Å². The molecule has 0 bridgehead atoms. The number of carboxylic acid groups (broad SMARTS) is 1. The Morgan fingerprint density at radius 1 is 1.57 bits per heavy atom. The average molecular weight is 236 g/mol. The topological polar surface area (TPSA) is 63.3 Å². The summed E-state index contributed by atoms with van der Waals surface area (Å²) in [5.41, 5.74) is 6.37. The molecule has 3 N–H and O–H groups in total. The van der Waals surface area contributed by atoms with E-state index in [1.54, 1.807) is 24.3 Å². The fraction of sp³-hybridized carbons (Fsp3) is 0.222. The highest BCUT2D eigenvalue weighted by molar-refractivity contribution is 6.30. The summed E-state index contributed by atoms with van der Waals surface area (Å²) in [7, 11) is 0. The Morgan fingerprint density at radius 3 is 2.71 bits per heavy atom. The van der Waals surface area contributed by atoms with Gasteiger partial charge in [-0.2, -0.15) is 0 Å². The van der Waals surface area contributed by atoms with Crippen LogP contribution in [0.5, 0.6) is 0 Å². The van der Waals surface area contributed by atoms with E-state index >= 15 is 0 Å². The van der Waals surface area contributed by atoms with Crippen molar-refractivity contribution < 1.29 is 9.90 Å². The minimum atomic E-state index is -0.910. The minimum absolute atomic E-state index is 0. The molecule has 0 saturated carbocycles. The van der Waals surface area contributed by atoms with Crippen LogP contribution >= 0.6 is 24.0 Å². The Hall–Kier alpha value is -0.770. The number of hydrogen-bond donors (Lipinski definition) is 2. The third-order valence-electron chi connectivity index (χ3n) is 1.67. The van der Waals surface area contributed by atoms with Gasteiger partial charge in [0.15, 0.2) is 0 Å². The van der Waals surface area contributed by atoms with Crippen LogP contribution in [0, 0.1) is 0 Å². The molecular weight excluding hydrogens is 225 g/mol. The smallest absolute Gasteiger partial charge is 0.305 e. The molecule has 0 fully saturated rings. The Morgan fingerprint density at radius 2 is 2.21 bits per heavy atom. The quantitative estimate of drug-likeness (QED) is 0.845. The van der Waals surface area contributed by atoms with Crippen molar-refractivity contribution in [2.24, 2.45) is 5.73 Å². The van der Waals surface area contributed by atoms with Gasteiger partial charge >= 0.3 is 5.97 Å². The lowest BCUT2D eigenvalue weighted by atomic mass is 10.1. The maximum Gasteiger partial charge on any atom is 0.305 e. The third kappa shape index (κ3) is 3.96. The maximum atomic E-state index is 10.4. The molecule has 5 heteroatoms. The van der Waals surface area contributed by atoms with Gasteiger partial charge in [0.1, 0.15) is 0 Å². The molecule has 0 spiro atoms. The van der Waals surface area contributed by atoms with Crippen LogP contribution in [0.3, 0.4) is 0 Å². The van der Waals surface area contributed by atoms with E-state index in [4.69, 9.17) is 22.4 Å². The molecule has 0 aromatic heterocycles. The van der Waals surface area contributed by atoms with Crippen LogP contribution in [0.2, 0.25) is 5.02 Å². The maximum absolute atomic E-state index is 10.4. The molecule has 0 amide bonds. The molecule has 1 aromatic carbocycles. The highest BCUT2D eigenvalue weighted by Gasteiger charge is 2.10. The second kappa shape index (κ2) is 5.86. The number of benzene rings is 1. The number of aliphatic carboxylic acids is 1. The van der Waals surface area contributed by atoms with E-state index in [1.165, 1.54) is 0 Å². The summed E-state index contributed by atoms with van der Waals surface area (Å²) in [6.45, 7) is 0. The zero-order chi connectivity index (χ0) is 9.84. The Balaban J connectivity index is 0.00000169. The molecule has 1 aromatic rings. The largest absolute Gasteiger partial charge is 0.481 e. The lowest BCUT2D eigenvalue weighted by Gasteiger charge is -2.08. The molecule has 78 valence electrons. The number of carbonyl (C=O) groups is 1. The van der Waals surface area contributed by atoms with Crippen molar-refractivity contribution >= 4 is 30.0 Å². The molecule has 3 nitrogen and oxygen atoms in total. The summed E-state index contributed by atoms with van der Waals surface area (Å²) in [5, 5.41) is 9.07. The van der Waals surface area contributed by atoms with Gasteiger partial charge in [0.2, 0.25) is 0 Å². The predicted octanol–water partition coefficient (Wildman–Crippen LogP) is 2.24. The zero-order valence-electron chi connectivity index (χ0n) is 7.31. The van der Waals surface area contributed by atoms with E-state index in [2.05, 4.69) is 0 Å². The second-order valence-corrected chi connectivity index (χ2v) is 3.20. The zero-order valence-corrected chi connectivity index (χ0v) is 8.89. The first-order chi connectivity index (χ1) is 6.09. The average Bonchev–Trinajstić information content (AvgIpc) is 2.03. The molecule has 0 radical (unpaired) electrons. The second-order valence-electron chi connectivity index (χ2n) is 2.76. The van der Waals surface area contributed by atoms with Crippen molar-refractivity contribution in [1.82, 2.24) is 0 Å². The van der Waals surface area contributed by atoms with Crippen LogP contribution < -0.4 is 5.73 Å². The van der Waals surface area contributed by atoms with Crippen molar-refractivity contribution in [3.63, 3.8) is 0 Å². The number of nitrogens with two attached hydrogens (primary N) is 1. The summed E-state index contributed by atoms with van der Waals surface area (Å²) in [5.74, 6) is -0.910. The van der Waals surface area contributed by atoms with Crippen LogP contribution in [0.1, 0.15) is 18.0 Å². The summed E-state index contributed by atoms with van der Waals surface area (Å²) in [4.78, 5) is 10.4. The molecule has 0 heterocycles. The van der Waals surface area contributed by atoms with Gasteiger partial charge in [-0.05, 0) is 17.7 Å². The molecule has 1 unspecified atom stereocenters. The van der Waals surface area contributed by atoms with E-state index < -0.39 is 12.0 Å². The van der Waals surface area contributed by atoms with Gasteiger partial charge in [0.05, 0.1) is 6.42 Å². The van der Waals surface area contributed by atoms with E-state index in [9.17, 15) is 4.79 Å². The fourth-order valence-corrected chi connectivity index (χ4v) is 1.24. The van der Waals surface area contributed by atoms with E-state index in [0.29, 0.717) is 5.02 Å². The summed E-state index contributed by atoms with van der Waals surface area (Å²) in [6, 6.07) is 6.42. The van der Waals surface area contributed by atoms with E-state index in [1.807, 2.05) is 0 Å². The van der Waals surface area contributed by atoms with E-state index in [0.717, 1.165) is 5.56 Å². The number of carboxylic acids is 1. The number of hydrogen-bond acceptors (Lipinski definition) is 2. The van der Waals surface area contributed by atoms with Gasteiger partial charge in [0.25, 0.3) is 0 Å². The Labute approximate surface area is 93.3 Å². The number of rotatable bonds is 3. The minimum Gasteiger partial charge on any atom is -0.481 e. The lowest BCUT2D eigenvalue weighted by Crippen LogP contribution is -2.14. The van der Waals surface area contributed by atoms with Crippen LogP contribution in [0.15, 0.2) is 24.3 Å². The summed E-state index contributed by atoms with van der Waals surface area (Å²) < 4.78 is 0. The summed E-state index contributed by atoms with van der Waals surface area (Å²) in [6.07, 6.45) is -0.0830. The van der Waals surface area contributed by atoms with Crippen molar-refractivity contribution in [2.75, 3.05) is 0 Å². The fourth-order valence-electron chi connectivity index (χ4n) is 1.04. The monoisotopic (exact) mass is 235 g/mol. The highest BCUT2D eigenvalue weighted by atomic mass is 35.5. The predicted molar refractivity (Wildman–Crippen MR) is 57.9 cm³/mol. The van der Waals surface area contributed by atoms with Crippen LogP contribution in [0.4, 0.5) is 0 Å². The van der Waals surface area contributed by atoms with Gasteiger partial charge in [-0.25, -0.2) is 0 Å². The molecule has 14 heavy (non-hydrogen) atoms. The van der Waals surface area contributed by atoms with Gasteiger partial charge in [-0.3, -0.25) is 4.79 Å². The van der Waals surface area contributed by atoms with Crippen molar-refractivity contribution in [3.8, 4) is 0 Å². The first-order valence-corrected chi connectivity index (χ1v) is 4.20. The molecule has 1 atom stereocenters. The standard InChI is InChI=1S/C9H10ClNO2.ClH/c10-7-3-1-2-6(4-7)8(11)5-9(12)13;/h1-4,8H,5,11H2,(H,12,13);1H. The van der Waals surface area contributed by atoms with Crippen molar-refractivity contribution in [1.29, 1.82) is 0 Å². The van der Waals surface area contributed by atoms with Gasteiger partial charge in [-0.15, -0.1) is 12.4 Å². The Kier molecular flexibility index (Phi) is 5.53. The molecular formula is C9H11Cl2NO2. The lowest BCUT2D eigenvalue weighted by molar-refractivity contribution is -0.137. The normalized spacial score (nSPS) is 11.6. The molecule has 0 aliphatic heterocycles. The first-order valence-electron chi connectivity index (χ1n) is 3.82. The van der Waals surface area contributed by atoms with Crippen molar-refractivity contribution in [2.45, 2.75) is 12.5 Å². The van der Waals surface area contributed by atoms with Crippen molar-refractivity contribution in [3.05, 3.63) is 34.9 Å². The SMILES string of the molecule is Cl.NC(CC(=O)O)c1cccc(Cl)c1. The first kappa shape index (κ1) is 13.2. The molecule has 0 aliphatic carbocycles. The van der Waals surface area contributed by atoms with Gasteiger partial charge in [-0.1, -0.05) is 23.7 Å². The Bertz CT molecular complexity index is 317. The molecule has 0 saturated heterocycles. The van der Waals surface area contributed by atoms with E-state index in [-0.39, 0.29) is 18.8 Å². The molecule has 1 rings (SSSR count).